The second-order valence-electron chi connectivity index (χ2n) is 5.64. The lowest BCUT2D eigenvalue weighted by Gasteiger charge is -2.15. The number of nitro groups is 1. The summed E-state index contributed by atoms with van der Waals surface area (Å²) in [4.78, 5) is 35.5. The van der Waals surface area contributed by atoms with Crippen molar-refractivity contribution >= 4 is 46.6 Å². The fourth-order valence-corrected chi connectivity index (χ4v) is 2.92. The zero-order valence-electron chi connectivity index (χ0n) is 14.8. The van der Waals surface area contributed by atoms with Crippen LogP contribution in [0.25, 0.3) is 0 Å². The Morgan fingerprint density at radius 3 is 2.59 bits per heavy atom. The number of rotatable bonds is 6. The average molecular weight is 409 g/mol. The molecule has 2 rings (SSSR count). The standard InChI is InChI=1S/C18H17ClN2O5S/c1-10-4-6-13(19)9-14(10)20-17(22)11(2)26-18(23)12-5-7-16(27-3)15(8-12)21(24)25/h4-9,11H,1-3H3,(H,20,22)/t11-/m1/s1. The van der Waals surface area contributed by atoms with Crippen molar-refractivity contribution in [2.45, 2.75) is 24.8 Å². The molecule has 0 saturated carbocycles. The van der Waals surface area contributed by atoms with Crippen LogP contribution in [0.2, 0.25) is 5.02 Å². The molecule has 7 nitrogen and oxygen atoms in total. The number of carbonyl (C=O) groups is 2. The SMILES string of the molecule is CSc1ccc(C(=O)O[C@H](C)C(=O)Nc2cc(Cl)ccc2C)cc1[N+](=O)[O-]. The van der Waals surface area contributed by atoms with Crippen LogP contribution in [0, 0.1) is 17.0 Å². The van der Waals surface area contributed by atoms with Gasteiger partial charge in [0.2, 0.25) is 0 Å². The molecule has 0 unspecified atom stereocenters. The van der Waals surface area contributed by atoms with Crippen LogP contribution in [0.5, 0.6) is 0 Å². The van der Waals surface area contributed by atoms with Gasteiger partial charge >= 0.3 is 5.97 Å². The first kappa shape index (κ1) is 20.7. The van der Waals surface area contributed by atoms with Gasteiger partial charge < -0.3 is 10.1 Å². The Kier molecular flexibility index (Phi) is 6.81. The van der Waals surface area contributed by atoms with E-state index in [4.69, 9.17) is 16.3 Å². The highest BCUT2D eigenvalue weighted by molar-refractivity contribution is 7.98. The molecule has 0 fully saturated rings. The van der Waals surface area contributed by atoms with Crippen molar-refractivity contribution in [3.8, 4) is 0 Å². The fraction of sp³-hybridized carbons (Fsp3) is 0.222. The summed E-state index contributed by atoms with van der Waals surface area (Å²) in [7, 11) is 0. The molecular formula is C18H17ClN2O5S. The van der Waals surface area contributed by atoms with Gasteiger partial charge in [-0.25, -0.2) is 4.79 Å². The van der Waals surface area contributed by atoms with E-state index >= 15 is 0 Å². The molecule has 0 aliphatic heterocycles. The number of carbonyl (C=O) groups excluding carboxylic acids is 2. The number of amides is 1. The molecule has 2 aromatic rings. The van der Waals surface area contributed by atoms with Crippen LogP contribution in [0.1, 0.15) is 22.8 Å². The molecule has 0 bridgehead atoms. The minimum absolute atomic E-state index is 0.00177. The first-order chi connectivity index (χ1) is 12.7. The minimum atomic E-state index is -1.10. The lowest BCUT2D eigenvalue weighted by Crippen LogP contribution is -2.30. The Morgan fingerprint density at radius 1 is 1.26 bits per heavy atom. The largest absolute Gasteiger partial charge is 0.449 e. The van der Waals surface area contributed by atoms with E-state index in [-0.39, 0.29) is 11.3 Å². The summed E-state index contributed by atoms with van der Waals surface area (Å²) in [6.45, 7) is 3.22. The van der Waals surface area contributed by atoms with Crippen LogP contribution in [-0.2, 0) is 9.53 Å². The van der Waals surface area contributed by atoms with E-state index in [9.17, 15) is 19.7 Å². The molecule has 0 radical (unpaired) electrons. The maximum absolute atomic E-state index is 12.3. The molecule has 2 aromatic carbocycles. The quantitative estimate of drug-likeness (QED) is 0.328. The van der Waals surface area contributed by atoms with E-state index in [1.807, 2.05) is 0 Å². The summed E-state index contributed by atoms with van der Waals surface area (Å²) in [5.74, 6) is -1.36. The number of nitrogens with zero attached hydrogens (tertiary/aromatic N) is 1. The monoisotopic (exact) mass is 408 g/mol. The maximum atomic E-state index is 12.3. The zero-order valence-corrected chi connectivity index (χ0v) is 16.4. The van der Waals surface area contributed by atoms with Crippen LogP contribution < -0.4 is 5.32 Å². The summed E-state index contributed by atoms with van der Waals surface area (Å²) in [5, 5.41) is 14.2. The molecule has 1 amide bonds. The number of esters is 1. The van der Waals surface area contributed by atoms with Crippen molar-refractivity contribution < 1.29 is 19.2 Å². The average Bonchev–Trinajstić information content (AvgIpc) is 2.63. The number of nitrogens with one attached hydrogen (secondary N) is 1. The molecule has 27 heavy (non-hydrogen) atoms. The fourth-order valence-electron chi connectivity index (χ4n) is 2.21. The predicted octanol–water partition coefficient (Wildman–Crippen LogP) is 4.46. The molecule has 0 aliphatic carbocycles. The Hall–Kier alpha value is -2.58. The molecule has 142 valence electrons. The summed E-state index contributed by atoms with van der Waals surface area (Å²) < 4.78 is 5.14. The normalized spacial score (nSPS) is 11.6. The second kappa shape index (κ2) is 8.88. The number of benzene rings is 2. The topological polar surface area (TPSA) is 98.5 Å². The van der Waals surface area contributed by atoms with Gasteiger partial charge in [-0.05, 0) is 49.9 Å². The van der Waals surface area contributed by atoms with E-state index in [2.05, 4.69) is 5.32 Å². The smallest absolute Gasteiger partial charge is 0.339 e. The highest BCUT2D eigenvalue weighted by Gasteiger charge is 2.22. The van der Waals surface area contributed by atoms with Crippen molar-refractivity contribution in [3.63, 3.8) is 0 Å². The van der Waals surface area contributed by atoms with Crippen molar-refractivity contribution in [2.75, 3.05) is 11.6 Å². The molecule has 1 N–H and O–H groups in total. The molecule has 0 aliphatic rings. The number of nitro benzene ring substituents is 1. The molecule has 1 atom stereocenters. The summed E-state index contributed by atoms with van der Waals surface area (Å²) in [5.41, 5.74) is 1.12. The Labute approximate surface area is 165 Å². The van der Waals surface area contributed by atoms with Crippen molar-refractivity contribution in [1.82, 2.24) is 0 Å². The number of thioether (sulfide) groups is 1. The predicted molar refractivity (Wildman–Crippen MR) is 105 cm³/mol. The molecule has 0 aromatic heterocycles. The molecular weight excluding hydrogens is 392 g/mol. The number of anilines is 1. The van der Waals surface area contributed by atoms with Crippen LogP contribution in [0.4, 0.5) is 11.4 Å². The molecule has 0 spiro atoms. The van der Waals surface area contributed by atoms with Gasteiger partial charge in [0.1, 0.15) is 0 Å². The summed E-state index contributed by atoms with van der Waals surface area (Å²) in [6.07, 6.45) is 0.597. The first-order valence-corrected chi connectivity index (χ1v) is 9.43. The molecule has 0 saturated heterocycles. The highest BCUT2D eigenvalue weighted by Crippen LogP contribution is 2.28. The van der Waals surface area contributed by atoms with Crippen LogP contribution in [0.3, 0.4) is 0 Å². The summed E-state index contributed by atoms with van der Waals surface area (Å²) in [6, 6.07) is 9.07. The van der Waals surface area contributed by atoms with Gasteiger partial charge in [-0.1, -0.05) is 17.7 Å². The van der Waals surface area contributed by atoms with E-state index in [1.54, 1.807) is 31.4 Å². The highest BCUT2D eigenvalue weighted by atomic mass is 35.5. The Bertz CT molecular complexity index is 903. The number of hydrogen-bond acceptors (Lipinski definition) is 6. The van der Waals surface area contributed by atoms with E-state index in [0.29, 0.717) is 15.6 Å². The number of ether oxygens (including phenoxy) is 1. The lowest BCUT2D eigenvalue weighted by molar-refractivity contribution is -0.387. The summed E-state index contributed by atoms with van der Waals surface area (Å²) >= 11 is 7.11. The molecule has 0 heterocycles. The Balaban J connectivity index is 2.10. The maximum Gasteiger partial charge on any atom is 0.339 e. The third kappa shape index (κ3) is 5.21. The van der Waals surface area contributed by atoms with Crippen molar-refractivity contribution in [2.24, 2.45) is 0 Å². The first-order valence-electron chi connectivity index (χ1n) is 7.83. The van der Waals surface area contributed by atoms with Crippen LogP contribution in [0.15, 0.2) is 41.3 Å². The van der Waals surface area contributed by atoms with Crippen LogP contribution >= 0.6 is 23.4 Å². The lowest BCUT2D eigenvalue weighted by atomic mass is 10.2. The minimum Gasteiger partial charge on any atom is -0.449 e. The van der Waals surface area contributed by atoms with Gasteiger partial charge in [-0.3, -0.25) is 14.9 Å². The van der Waals surface area contributed by atoms with Crippen molar-refractivity contribution in [3.05, 3.63) is 62.7 Å². The van der Waals surface area contributed by atoms with Gasteiger partial charge in [-0.15, -0.1) is 11.8 Å². The van der Waals surface area contributed by atoms with Gasteiger partial charge in [0.05, 0.1) is 15.4 Å². The van der Waals surface area contributed by atoms with E-state index < -0.39 is 22.9 Å². The van der Waals surface area contributed by atoms with Gasteiger partial charge in [0, 0.05) is 16.8 Å². The number of halogens is 1. The Morgan fingerprint density at radius 2 is 1.96 bits per heavy atom. The number of hydrogen-bond donors (Lipinski definition) is 1. The second-order valence-corrected chi connectivity index (χ2v) is 6.92. The third-order valence-corrected chi connectivity index (χ3v) is 4.74. The molecule has 9 heteroatoms. The van der Waals surface area contributed by atoms with Gasteiger partial charge in [0.15, 0.2) is 6.10 Å². The van der Waals surface area contributed by atoms with Gasteiger partial charge in [0.25, 0.3) is 11.6 Å². The zero-order chi connectivity index (χ0) is 20.1. The van der Waals surface area contributed by atoms with Crippen LogP contribution in [-0.4, -0.2) is 29.2 Å². The van der Waals surface area contributed by atoms with E-state index in [0.717, 1.165) is 11.6 Å². The van der Waals surface area contributed by atoms with Crippen molar-refractivity contribution in [1.29, 1.82) is 0 Å². The third-order valence-electron chi connectivity index (χ3n) is 3.72. The number of aryl methyl sites for hydroxylation is 1. The van der Waals surface area contributed by atoms with Gasteiger partial charge in [-0.2, -0.15) is 0 Å². The van der Waals surface area contributed by atoms with E-state index in [1.165, 1.54) is 30.8 Å².